The Labute approximate surface area is 79.3 Å². The maximum Gasteiger partial charge on any atom is 0.394 e. The molecule has 0 saturated heterocycles. The minimum atomic E-state index is -4.67. The van der Waals surface area contributed by atoms with Crippen LogP contribution in [0.15, 0.2) is 25.3 Å². The van der Waals surface area contributed by atoms with E-state index in [0.29, 0.717) is 13.2 Å². The highest BCUT2D eigenvalue weighted by Crippen LogP contribution is 1.72. The molecule has 0 radical (unpaired) electrons. The largest absolute Gasteiger partial charge is 0.394 e. The fourth-order valence-corrected chi connectivity index (χ4v) is 0.235. The van der Waals surface area contributed by atoms with Crippen molar-refractivity contribution in [2.24, 2.45) is 0 Å². The van der Waals surface area contributed by atoms with Crippen molar-refractivity contribution < 1.29 is 22.3 Å². The predicted molar refractivity (Wildman–Crippen MR) is 52.1 cm³/mol. The molecule has 0 rings (SSSR count). The number of hydrogen-bond donors (Lipinski definition) is 2. The Hall–Kier alpha value is -0.690. The average Bonchev–Trinajstić information content (AvgIpc) is 1.85. The van der Waals surface area contributed by atoms with Gasteiger partial charge >= 0.3 is 10.4 Å². The van der Waals surface area contributed by atoms with Gasteiger partial charge in [-0.25, -0.2) is 0 Å². The van der Waals surface area contributed by atoms with Crippen LogP contribution in [0.25, 0.3) is 0 Å². The first-order valence-electron chi connectivity index (χ1n) is 2.91. The minimum Gasteiger partial charge on any atom is -0.373 e. The van der Waals surface area contributed by atoms with Crippen molar-refractivity contribution in [2.75, 3.05) is 13.2 Å². The second-order valence-corrected chi connectivity index (χ2v) is 2.46. The molecule has 0 aromatic carbocycles. The third-order valence-electron chi connectivity index (χ3n) is 0.471. The van der Waals surface area contributed by atoms with E-state index in [9.17, 15) is 0 Å². The van der Waals surface area contributed by atoms with Crippen LogP contribution in [0.5, 0.6) is 0 Å². The molecule has 0 unspecified atom stereocenters. The highest BCUT2D eigenvalue weighted by atomic mass is 32.3. The molecular weight excluding hydrogens is 196 g/mol. The van der Waals surface area contributed by atoms with Crippen molar-refractivity contribution in [3.8, 4) is 0 Å². The molecule has 0 spiro atoms. The van der Waals surface area contributed by atoms with Crippen LogP contribution in [-0.4, -0.2) is 30.7 Å². The lowest BCUT2D eigenvalue weighted by Gasteiger charge is -1.89. The lowest BCUT2D eigenvalue weighted by Crippen LogP contribution is -1.89. The standard InChI is InChI=1S/C6H10O.CH4.H2O4S/c1-3-5-7-6-4-2;;1-5(2,3)4/h3-4H,1-2,5-6H2;1H4;(H2,1,2,3,4). The lowest BCUT2D eigenvalue weighted by molar-refractivity contribution is 0.194. The van der Waals surface area contributed by atoms with E-state index in [1.165, 1.54) is 0 Å². The van der Waals surface area contributed by atoms with Gasteiger partial charge in [0.05, 0.1) is 13.2 Å². The van der Waals surface area contributed by atoms with Gasteiger partial charge in [0.15, 0.2) is 0 Å². The smallest absolute Gasteiger partial charge is 0.373 e. The molecular formula is C7H16O5S. The molecule has 0 saturated carbocycles. The molecule has 0 aliphatic heterocycles. The monoisotopic (exact) mass is 212 g/mol. The van der Waals surface area contributed by atoms with Gasteiger partial charge in [0, 0.05) is 0 Å². The van der Waals surface area contributed by atoms with Crippen molar-refractivity contribution in [1.29, 1.82) is 0 Å². The van der Waals surface area contributed by atoms with Gasteiger partial charge in [-0.05, 0) is 0 Å². The van der Waals surface area contributed by atoms with Crippen LogP contribution < -0.4 is 0 Å². The molecule has 5 nitrogen and oxygen atoms in total. The van der Waals surface area contributed by atoms with Gasteiger partial charge < -0.3 is 4.74 Å². The van der Waals surface area contributed by atoms with Gasteiger partial charge in [-0.2, -0.15) is 8.42 Å². The van der Waals surface area contributed by atoms with Gasteiger partial charge in [-0.3, -0.25) is 9.11 Å². The number of ether oxygens (including phenoxy) is 1. The van der Waals surface area contributed by atoms with Crippen LogP contribution >= 0.6 is 0 Å². The van der Waals surface area contributed by atoms with Crippen LogP contribution in [-0.2, 0) is 15.1 Å². The Balaban J connectivity index is -0.000000150. The van der Waals surface area contributed by atoms with E-state index in [-0.39, 0.29) is 7.43 Å². The maximum absolute atomic E-state index is 8.74. The van der Waals surface area contributed by atoms with Crippen LogP contribution in [0.4, 0.5) is 0 Å². The fraction of sp³-hybridized carbons (Fsp3) is 0.429. The maximum atomic E-state index is 8.74. The number of hydrogen-bond acceptors (Lipinski definition) is 3. The summed E-state index contributed by atoms with van der Waals surface area (Å²) in [4.78, 5) is 0. The zero-order chi connectivity index (χ0) is 10.0. The van der Waals surface area contributed by atoms with Gasteiger partial charge in [-0.15, -0.1) is 13.2 Å². The predicted octanol–water partition coefficient (Wildman–Crippen LogP) is 1.36. The summed E-state index contributed by atoms with van der Waals surface area (Å²) in [6.45, 7) is 8.18. The minimum absolute atomic E-state index is 0. The Morgan fingerprint density at radius 2 is 1.38 bits per heavy atom. The first kappa shape index (κ1) is 18.2. The lowest BCUT2D eigenvalue weighted by atomic mass is 10.6. The molecule has 0 aromatic heterocycles. The highest BCUT2D eigenvalue weighted by Gasteiger charge is 1.84. The van der Waals surface area contributed by atoms with Gasteiger partial charge in [0.1, 0.15) is 0 Å². The number of rotatable bonds is 4. The van der Waals surface area contributed by atoms with Crippen LogP contribution in [0.3, 0.4) is 0 Å². The van der Waals surface area contributed by atoms with Crippen molar-refractivity contribution in [2.45, 2.75) is 7.43 Å². The molecule has 0 aliphatic rings. The Bertz CT molecular complexity index is 191. The first-order chi connectivity index (χ1) is 5.41. The summed E-state index contributed by atoms with van der Waals surface area (Å²) in [6.07, 6.45) is 3.42. The summed E-state index contributed by atoms with van der Waals surface area (Å²) in [7, 11) is -4.67. The van der Waals surface area contributed by atoms with E-state index in [4.69, 9.17) is 22.3 Å². The van der Waals surface area contributed by atoms with E-state index in [1.807, 2.05) is 0 Å². The molecule has 0 aliphatic carbocycles. The zero-order valence-electron chi connectivity index (χ0n) is 6.51. The summed E-state index contributed by atoms with van der Waals surface area (Å²) in [6, 6.07) is 0. The molecule has 80 valence electrons. The topological polar surface area (TPSA) is 83.8 Å². The van der Waals surface area contributed by atoms with Crippen molar-refractivity contribution in [1.82, 2.24) is 0 Å². The van der Waals surface area contributed by atoms with Gasteiger partial charge in [-0.1, -0.05) is 19.6 Å². The summed E-state index contributed by atoms with van der Waals surface area (Å²) in [5, 5.41) is 0. The van der Waals surface area contributed by atoms with Crippen molar-refractivity contribution in [3.63, 3.8) is 0 Å². The SMILES string of the molecule is C.C=CCOCC=C.O=S(=O)(O)O. The van der Waals surface area contributed by atoms with E-state index in [1.54, 1.807) is 12.2 Å². The Morgan fingerprint density at radius 1 is 1.15 bits per heavy atom. The van der Waals surface area contributed by atoms with Crippen LogP contribution in [0, 0.1) is 0 Å². The normalized spacial score (nSPS) is 8.77. The first-order valence-corrected chi connectivity index (χ1v) is 4.31. The van der Waals surface area contributed by atoms with E-state index < -0.39 is 10.4 Å². The molecule has 0 aromatic rings. The van der Waals surface area contributed by atoms with Gasteiger partial charge in [0.25, 0.3) is 0 Å². The molecule has 2 N–H and O–H groups in total. The highest BCUT2D eigenvalue weighted by molar-refractivity contribution is 7.79. The summed E-state index contributed by atoms with van der Waals surface area (Å²) >= 11 is 0. The third-order valence-corrected chi connectivity index (χ3v) is 0.471. The van der Waals surface area contributed by atoms with E-state index >= 15 is 0 Å². The molecule has 0 heterocycles. The third kappa shape index (κ3) is 89.5. The quantitative estimate of drug-likeness (QED) is 0.417. The summed E-state index contributed by atoms with van der Waals surface area (Å²) < 4.78 is 36.5. The fourth-order valence-electron chi connectivity index (χ4n) is 0.235. The molecule has 6 heteroatoms. The molecule has 0 bridgehead atoms. The molecule has 0 amide bonds. The van der Waals surface area contributed by atoms with Crippen LogP contribution in [0.1, 0.15) is 7.43 Å². The summed E-state index contributed by atoms with van der Waals surface area (Å²) in [5.74, 6) is 0. The molecule has 0 atom stereocenters. The average molecular weight is 212 g/mol. The van der Waals surface area contributed by atoms with Crippen molar-refractivity contribution >= 4 is 10.4 Å². The second-order valence-electron chi connectivity index (χ2n) is 1.56. The van der Waals surface area contributed by atoms with Gasteiger partial charge in [0.2, 0.25) is 0 Å². The molecule has 0 fully saturated rings. The second kappa shape index (κ2) is 11.3. The molecule has 13 heavy (non-hydrogen) atoms. The van der Waals surface area contributed by atoms with E-state index in [2.05, 4.69) is 13.2 Å². The van der Waals surface area contributed by atoms with Crippen molar-refractivity contribution in [3.05, 3.63) is 25.3 Å². The van der Waals surface area contributed by atoms with Crippen LogP contribution in [0.2, 0.25) is 0 Å². The summed E-state index contributed by atoms with van der Waals surface area (Å²) in [5.41, 5.74) is 0. The Kier molecular flexibility index (Phi) is 15.8. The van der Waals surface area contributed by atoms with E-state index in [0.717, 1.165) is 0 Å². The Morgan fingerprint density at radius 3 is 1.54 bits per heavy atom. The zero-order valence-corrected chi connectivity index (χ0v) is 7.33.